The van der Waals surface area contributed by atoms with Crippen molar-refractivity contribution in [2.75, 3.05) is 6.54 Å². The van der Waals surface area contributed by atoms with Gasteiger partial charge in [-0.05, 0) is 12.1 Å². The molecule has 2 aromatic rings. The summed E-state index contributed by atoms with van der Waals surface area (Å²) in [5.41, 5.74) is 0.824. The summed E-state index contributed by atoms with van der Waals surface area (Å²) < 4.78 is 5.07. The van der Waals surface area contributed by atoms with Gasteiger partial charge in [-0.1, -0.05) is 34.8 Å². The molecule has 1 heterocycles. The average Bonchev–Trinajstić information content (AvgIpc) is 2.78. The lowest BCUT2D eigenvalue weighted by Crippen LogP contribution is -2.13. The summed E-state index contributed by atoms with van der Waals surface area (Å²) in [5.74, 6) is 3.48. The van der Waals surface area contributed by atoms with Gasteiger partial charge < -0.3 is 4.52 Å². The summed E-state index contributed by atoms with van der Waals surface area (Å²) in [6.45, 7) is 0.923. The van der Waals surface area contributed by atoms with Crippen molar-refractivity contribution >= 4 is 11.6 Å². The Labute approximate surface area is 104 Å². The zero-order chi connectivity index (χ0) is 12.1. The average molecular weight is 248 g/mol. The van der Waals surface area contributed by atoms with Gasteiger partial charge in [-0.2, -0.15) is 4.98 Å². The lowest BCUT2D eigenvalue weighted by molar-refractivity contribution is 0.370. The SMILES string of the molecule is C#CCNCc1nc(-c2cccc(Cl)c2)no1. The van der Waals surface area contributed by atoms with Crippen LogP contribution in [0.4, 0.5) is 0 Å². The first-order chi connectivity index (χ1) is 8.29. The van der Waals surface area contributed by atoms with Gasteiger partial charge in [-0.25, -0.2) is 0 Å². The first-order valence-corrected chi connectivity index (χ1v) is 5.40. The molecule has 0 aliphatic heterocycles. The maximum atomic E-state index is 5.88. The quantitative estimate of drug-likeness (QED) is 0.664. The minimum Gasteiger partial charge on any atom is -0.338 e. The Balaban J connectivity index is 2.10. The van der Waals surface area contributed by atoms with Crippen LogP contribution in [0.2, 0.25) is 5.02 Å². The second-order valence-corrected chi connectivity index (χ2v) is 3.77. The molecular weight excluding hydrogens is 238 g/mol. The zero-order valence-corrected chi connectivity index (χ0v) is 9.74. The molecule has 5 heteroatoms. The number of aromatic nitrogens is 2. The Kier molecular flexibility index (Phi) is 3.76. The summed E-state index contributed by atoms with van der Waals surface area (Å²) in [6, 6.07) is 7.28. The smallest absolute Gasteiger partial charge is 0.240 e. The van der Waals surface area contributed by atoms with Crippen molar-refractivity contribution in [1.82, 2.24) is 15.5 Å². The van der Waals surface area contributed by atoms with Crippen LogP contribution in [-0.4, -0.2) is 16.7 Å². The fraction of sp³-hybridized carbons (Fsp3) is 0.167. The van der Waals surface area contributed by atoms with E-state index < -0.39 is 0 Å². The Morgan fingerprint density at radius 3 is 3.12 bits per heavy atom. The van der Waals surface area contributed by atoms with Gasteiger partial charge in [0, 0.05) is 10.6 Å². The maximum absolute atomic E-state index is 5.88. The number of hydrogen-bond acceptors (Lipinski definition) is 4. The molecule has 1 N–H and O–H groups in total. The highest BCUT2D eigenvalue weighted by atomic mass is 35.5. The molecule has 0 spiro atoms. The van der Waals surface area contributed by atoms with Crippen LogP contribution < -0.4 is 5.32 Å². The van der Waals surface area contributed by atoms with Crippen molar-refractivity contribution in [1.29, 1.82) is 0 Å². The number of hydrogen-bond donors (Lipinski definition) is 1. The first-order valence-electron chi connectivity index (χ1n) is 5.02. The van der Waals surface area contributed by atoms with Crippen molar-refractivity contribution in [2.24, 2.45) is 0 Å². The van der Waals surface area contributed by atoms with Gasteiger partial charge in [0.05, 0.1) is 13.1 Å². The van der Waals surface area contributed by atoms with Crippen molar-refractivity contribution in [2.45, 2.75) is 6.54 Å². The molecule has 0 saturated carbocycles. The Bertz CT molecular complexity index is 545. The lowest BCUT2D eigenvalue weighted by Gasteiger charge is -1.94. The van der Waals surface area contributed by atoms with E-state index in [2.05, 4.69) is 21.4 Å². The number of rotatable bonds is 4. The summed E-state index contributed by atoms with van der Waals surface area (Å²) in [7, 11) is 0. The highest BCUT2D eigenvalue weighted by molar-refractivity contribution is 6.30. The number of nitrogens with zero attached hydrogens (tertiary/aromatic N) is 2. The molecule has 0 radical (unpaired) electrons. The zero-order valence-electron chi connectivity index (χ0n) is 8.98. The topological polar surface area (TPSA) is 51.0 Å². The Morgan fingerprint density at radius 1 is 1.47 bits per heavy atom. The highest BCUT2D eigenvalue weighted by Gasteiger charge is 2.08. The van der Waals surface area contributed by atoms with Gasteiger partial charge in [-0.3, -0.25) is 5.32 Å². The third kappa shape index (κ3) is 3.06. The molecule has 0 unspecified atom stereocenters. The van der Waals surface area contributed by atoms with Crippen LogP contribution in [0, 0.1) is 12.3 Å². The predicted octanol–water partition coefficient (Wildman–Crippen LogP) is 2.11. The van der Waals surface area contributed by atoms with Crippen molar-refractivity contribution < 1.29 is 4.52 Å². The Morgan fingerprint density at radius 2 is 2.35 bits per heavy atom. The molecule has 0 aliphatic carbocycles. The summed E-state index contributed by atoms with van der Waals surface area (Å²) in [6.07, 6.45) is 5.11. The van der Waals surface area contributed by atoms with E-state index in [1.807, 2.05) is 12.1 Å². The monoisotopic (exact) mass is 247 g/mol. The molecule has 86 valence electrons. The molecular formula is C12H10ClN3O. The molecule has 2 rings (SSSR count). The lowest BCUT2D eigenvalue weighted by atomic mass is 10.2. The molecule has 0 saturated heterocycles. The number of benzene rings is 1. The maximum Gasteiger partial charge on any atom is 0.240 e. The van der Waals surface area contributed by atoms with Crippen LogP contribution in [0.25, 0.3) is 11.4 Å². The molecule has 0 aliphatic rings. The fourth-order valence-corrected chi connectivity index (χ4v) is 1.50. The van der Waals surface area contributed by atoms with E-state index in [1.54, 1.807) is 12.1 Å². The third-order valence-corrected chi connectivity index (χ3v) is 2.29. The van der Waals surface area contributed by atoms with Gasteiger partial charge in [0.2, 0.25) is 11.7 Å². The van der Waals surface area contributed by atoms with Crippen molar-refractivity contribution in [3.63, 3.8) is 0 Å². The fourth-order valence-electron chi connectivity index (χ4n) is 1.31. The van der Waals surface area contributed by atoms with Crippen LogP contribution in [0.1, 0.15) is 5.89 Å². The standard InChI is InChI=1S/C12H10ClN3O/c1-2-6-14-8-11-15-12(16-17-11)9-4-3-5-10(13)7-9/h1,3-5,7,14H,6,8H2. The normalized spacial score (nSPS) is 10.1. The Hall–Kier alpha value is -1.83. The van der Waals surface area contributed by atoms with E-state index in [1.165, 1.54) is 0 Å². The van der Waals surface area contributed by atoms with Crippen molar-refractivity contribution in [3.8, 4) is 23.7 Å². The summed E-state index contributed by atoms with van der Waals surface area (Å²) in [5, 5.41) is 7.48. The third-order valence-electron chi connectivity index (χ3n) is 2.05. The van der Waals surface area contributed by atoms with Crippen LogP contribution >= 0.6 is 11.6 Å². The second kappa shape index (κ2) is 5.48. The highest BCUT2D eigenvalue weighted by Crippen LogP contribution is 2.19. The molecule has 0 amide bonds. The van der Waals surface area contributed by atoms with E-state index in [4.69, 9.17) is 22.5 Å². The van der Waals surface area contributed by atoms with E-state index in [0.717, 1.165) is 5.56 Å². The van der Waals surface area contributed by atoms with E-state index >= 15 is 0 Å². The molecule has 4 nitrogen and oxygen atoms in total. The van der Waals surface area contributed by atoms with Gasteiger partial charge in [0.25, 0.3) is 0 Å². The van der Waals surface area contributed by atoms with Crippen LogP contribution in [0.5, 0.6) is 0 Å². The molecule has 1 aromatic heterocycles. The predicted molar refractivity (Wildman–Crippen MR) is 65.3 cm³/mol. The van der Waals surface area contributed by atoms with Crippen LogP contribution in [-0.2, 0) is 6.54 Å². The van der Waals surface area contributed by atoms with Crippen LogP contribution in [0.3, 0.4) is 0 Å². The molecule has 17 heavy (non-hydrogen) atoms. The number of nitrogens with one attached hydrogen (secondary N) is 1. The largest absolute Gasteiger partial charge is 0.338 e. The second-order valence-electron chi connectivity index (χ2n) is 3.33. The van der Waals surface area contributed by atoms with Crippen molar-refractivity contribution in [3.05, 3.63) is 35.2 Å². The summed E-state index contributed by atoms with van der Waals surface area (Å²) >= 11 is 5.88. The van der Waals surface area contributed by atoms with Gasteiger partial charge in [0.1, 0.15) is 0 Å². The van der Waals surface area contributed by atoms with E-state index in [9.17, 15) is 0 Å². The number of terminal acetylenes is 1. The van der Waals surface area contributed by atoms with Gasteiger partial charge in [-0.15, -0.1) is 6.42 Å². The first kappa shape index (κ1) is 11.6. The van der Waals surface area contributed by atoms with Gasteiger partial charge >= 0.3 is 0 Å². The molecule has 0 fully saturated rings. The molecule has 0 atom stereocenters. The minimum atomic E-state index is 0.456. The number of halogens is 1. The van der Waals surface area contributed by atoms with E-state index in [-0.39, 0.29) is 0 Å². The van der Waals surface area contributed by atoms with Crippen LogP contribution in [0.15, 0.2) is 28.8 Å². The van der Waals surface area contributed by atoms with E-state index in [0.29, 0.717) is 29.8 Å². The summed E-state index contributed by atoms with van der Waals surface area (Å²) in [4.78, 5) is 4.23. The minimum absolute atomic E-state index is 0.456. The molecule has 0 bridgehead atoms. The molecule has 1 aromatic carbocycles. The van der Waals surface area contributed by atoms with Gasteiger partial charge in [0.15, 0.2) is 0 Å².